The number of carbonyl (C=O) groups is 2. The number of ether oxygens (including phenoxy) is 1. The van der Waals surface area contributed by atoms with Crippen LogP contribution < -0.4 is 26.4 Å². The fourth-order valence-corrected chi connectivity index (χ4v) is 5.92. The van der Waals surface area contributed by atoms with E-state index in [2.05, 4.69) is 25.9 Å². The van der Waals surface area contributed by atoms with Gasteiger partial charge >= 0.3 is 0 Å². The van der Waals surface area contributed by atoms with Crippen LogP contribution in [0.2, 0.25) is 10.0 Å². The Morgan fingerprint density at radius 2 is 1.88 bits per heavy atom. The lowest BCUT2D eigenvalue weighted by Crippen LogP contribution is -2.57. The van der Waals surface area contributed by atoms with Gasteiger partial charge in [0, 0.05) is 35.1 Å². The number of methoxy groups -OCH3 is 1. The van der Waals surface area contributed by atoms with Crippen LogP contribution in [0.5, 0.6) is 5.75 Å². The van der Waals surface area contributed by atoms with Gasteiger partial charge in [-0.05, 0) is 56.5 Å². The lowest BCUT2D eigenvalue weighted by atomic mass is 9.73. The Balaban J connectivity index is 1.63. The molecule has 1 aliphatic heterocycles. The molecular formula is C30H39Cl2N7O3. The summed E-state index contributed by atoms with van der Waals surface area (Å²) in [5, 5.41) is 11.0. The van der Waals surface area contributed by atoms with E-state index >= 15 is 0 Å². The predicted octanol–water partition coefficient (Wildman–Crippen LogP) is 5.22. The monoisotopic (exact) mass is 615 g/mol. The Hall–Kier alpha value is -3.18. The second kappa shape index (κ2) is 13.0. The molecule has 0 saturated carbocycles. The molecule has 0 radical (unpaired) electrons. The topological polar surface area (TPSA) is 134 Å². The van der Waals surface area contributed by atoms with E-state index in [0.29, 0.717) is 56.9 Å². The molecule has 0 aliphatic carbocycles. The van der Waals surface area contributed by atoms with Crippen molar-refractivity contribution in [2.45, 2.75) is 58.7 Å². The summed E-state index contributed by atoms with van der Waals surface area (Å²) in [6, 6.07) is 7.44. The van der Waals surface area contributed by atoms with Crippen LogP contribution in [0.3, 0.4) is 0 Å². The van der Waals surface area contributed by atoms with Gasteiger partial charge < -0.3 is 31.3 Å². The lowest BCUT2D eigenvalue weighted by Gasteiger charge is -2.40. The van der Waals surface area contributed by atoms with Crippen LogP contribution in [0.25, 0.3) is 10.9 Å². The molecule has 1 saturated heterocycles. The van der Waals surface area contributed by atoms with E-state index in [4.69, 9.17) is 33.7 Å². The first kappa shape index (κ1) is 31.7. The van der Waals surface area contributed by atoms with Crippen LogP contribution in [-0.2, 0) is 9.59 Å². The van der Waals surface area contributed by atoms with Crippen molar-refractivity contribution in [3.05, 3.63) is 46.7 Å². The van der Waals surface area contributed by atoms with Crippen molar-refractivity contribution >= 4 is 63.1 Å². The number of benzene rings is 2. The summed E-state index contributed by atoms with van der Waals surface area (Å²) in [5.41, 5.74) is 7.84. The Kier molecular flexibility index (Phi) is 9.82. The highest BCUT2D eigenvalue weighted by atomic mass is 35.5. The zero-order valence-electron chi connectivity index (χ0n) is 24.8. The number of aromatic nitrogens is 2. The van der Waals surface area contributed by atoms with Crippen LogP contribution in [-0.4, -0.2) is 65.5 Å². The van der Waals surface area contributed by atoms with Gasteiger partial charge in [-0.2, -0.15) is 0 Å². The van der Waals surface area contributed by atoms with Crippen LogP contribution in [0, 0.1) is 11.3 Å². The maximum absolute atomic E-state index is 14.0. The van der Waals surface area contributed by atoms with E-state index in [9.17, 15) is 9.59 Å². The summed E-state index contributed by atoms with van der Waals surface area (Å²) in [7, 11) is 3.35. The molecule has 10 nitrogen and oxygen atoms in total. The number of fused-ring (bicyclic) bond motifs is 1. The number of nitrogens with zero attached hydrogens (tertiary/aromatic N) is 3. The zero-order valence-corrected chi connectivity index (χ0v) is 26.3. The van der Waals surface area contributed by atoms with Crippen LogP contribution >= 0.6 is 23.2 Å². The number of amides is 2. The average molecular weight is 617 g/mol. The average Bonchev–Trinajstić information content (AvgIpc) is 3.43. The van der Waals surface area contributed by atoms with Gasteiger partial charge in [0.2, 0.25) is 11.8 Å². The van der Waals surface area contributed by atoms with Crippen LogP contribution in [0.15, 0.2) is 36.7 Å². The van der Waals surface area contributed by atoms with E-state index < -0.39 is 23.4 Å². The standard InChI is InChI=1S/C30H39Cl2N7O3/c1-16(34-5)26(33)25(30(2,3)4)29(41)39-11-7-8-23(39)28(40)38-22-13-18-21(14-24(22)42-6)35-15-36-27(18)37-20-10-9-17(31)12-19(20)32/h9-10,12-16,23,25-26,34H,7-8,11,33H2,1-6H3,(H,38,40)(H,35,36,37)/t16-,23-,25-,26?/m0/s1. The summed E-state index contributed by atoms with van der Waals surface area (Å²) >= 11 is 12.4. The largest absolute Gasteiger partial charge is 0.494 e. The molecule has 1 aliphatic rings. The minimum absolute atomic E-state index is 0.0808. The normalized spacial score (nSPS) is 17.5. The number of rotatable bonds is 9. The number of hydrogen-bond acceptors (Lipinski definition) is 8. The Morgan fingerprint density at radius 1 is 1.14 bits per heavy atom. The third-order valence-electron chi connectivity index (χ3n) is 7.85. The maximum atomic E-state index is 14.0. The third-order valence-corrected chi connectivity index (χ3v) is 8.40. The highest BCUT2D eigenvalue weighted by molar-refractivity contribution is 6.36. The van der Waals surface area contributed by atoms with Crippen molar-refractivity contribution in [3.8, 4) is 5.75 Å². The smallest absolute Gasteiger partial charge is 0.247 e. The van der Waals surface area contributed by atoms with E-state index in [0.717, 1.165) is 6.42 Å². The molecule has 1 aromatic heterocycles. The first-order chi connectivity index (χ1) is 19.8. The summed E-state index contributed by atoms with van der Waals surface area (Å²) in [4.78, 5) is 38.1. The fraction of sp³-hybridized carbons (Fsp3) is 0.467. The van der Waals surface area contributed by atoms with Gasteiger partial charge in [-0.3, -0.25) is 9.59 Å². The molecular weight excluding hydrogens is 577 g/mol. The fourth-order valence-electron chi connectivity index (χ4n) is 5.46. The number of nitrogens with two attached hydrogens (primary N) is 1. The van der Waals surface area contributed by atoms with Crippen molar-refractivity contribution in [1.82, 2.24) is 20.2 Å². The minimum atomic E-state index is -0.641. The zero-order chi connectivity index (χ0) is 30.8. The second-order valence-electron chi connectivity index (χ2n) is 11.7. The van der Waals surface area contributed by atoms with Gasteiger partial charge in [0.15, 0.2) is 0 Å². The van der Waals surface area contributed by atoms with Gasteiger partial charge in [-0.15, -0.1) is 0 Å². The Morgan fingerprint density at radius 3 is 2.52 bits per heavy atom. The molecule has 0 spiro atoms. The summed E-state index contributed by atoms with van der Waals surface area (Å²) in [5.74, 6) is 0.0292. The number of likely N-dealkylation sites (tertiary alicyclic amines) is 1. The van der Waals surface area contributed by atoms with Crippen LogP contribution in [0.4, 0.5) is 17.2 Å². The van der Waals surface area contributed by atoms with Crippen molar-refractivity contribution in [2.24, 2.45) is 17.1 Å². The third kappa shape index (κ3) is 6.72. The van der Waals surface area contributed by atoms with Crippen molar-refractivity contribution in [2.75, 3.05) is 31.3 Å². The molecule has 2 heterocycles. The molecule has 2 aromatic carbocycles. The molecule has 12 heteroatoms. The first-order valence-corrected chi connectivity index (χ1v) is 14.7. The molecule has 3 aromatic rings. The second-order valence-corrected chi connectivity index (χ2v) is 12.6. The number of hydrogen-bond donors (Lipinski definition) is 4. The quantitative estimate of drug-likeness (QED) is 0.257. The van der Waals surface area contributed by atoms with Crippen LogP contribution in [0.1, 0.15) is 40.5 Å². The predicted molar refractivity (Wildman–Crippen MR) is 169 cm³/mol. The van der Waals surface area contributed by atoms with Gasteiger partial charge in [-0.1, -0.05) is 44.0 Å². The molecule has 4 rings (SSSR count). The van der Waals surface area contributed by atoms with E-state index in [1.807, 2.05) is 34.7 Å². The van der Waals surface area contributed by atoms with E-state index in [-0.39, 0.29) is 17.9 Å². The Bertz CT molecular complexity index is 1460. The SMILES string of the molecule is CN[C@@H](C)C(N)[C@@H](C(=O)N1CCC[C@H]1C(=O)Nc1cc2c(Nc3ccc(Cl)cc3Cl)ncnc2cc1OC)C(C)(C)C. The highest BCUT2D eigenvalue weighted by Crippen LogP contribution is 2.37. The minimum Gasteiger partial charge on any atom is -0.494 e. The molecule has 226 valence electrons. The van der Waals surface area contributed by atoms with Crippen molar-refractivity contribution in [1.29, 1.82) is 0 Å². The molecule has 0 bridgehead atoms. The van der Waals surface area contributed by atoms with Crippen molar-refractivity contribution in [3.63, 3.8) is 0 Å². The molecule has 1 fully saturated rings. The first-order valence-electron chi connectivity index (χ1n) is 13.9. The maximum Gasteiger partial charge on any atom is 0.247 e. The number of nitrogens with one attached hydrogen (secondary N) is 3. The number of halogens is 2. The summed E-state index contributed by atoms with van der Waals surface area (Å²) < 4.78 is 5.60. The molecule has 2 amide bonds. The molecule has 42 heavy (non-hydrogen) atoms. The summed E-state index contributed by atoms with van der Waals surface area (Å²) in [6.07, 6.45) is 2.70. The molecule has 4 atom stereocenters. The summed E-state index contributed by atoms with van der Waals surface area (Å²) in [6.45, 7) is 8.47. The van der Waals surface area contributed by atoms with Gasteiger partial charge in [0.05, 0.1) is 34.9 Å². The lowest BCUT2D eigenvalue weighted by molar-refractivity contribution is -0.144. The van der Waals surface area contributed by atoms with E-state index in [1.165, 1.54) is 13.4 Å². The van der Waals surface area contributed by atoms with Crippen molar-refractivity contribution < 1.29 is 14.3 Å². The number of likely N-dealkylation sites (N-methyl/N-ethyl adjacent to an activating group) is 1. The number of carbonyl (C=O) groups excluding carboxylic acids is 2. The number of anilines is 3. The van der Waals surface area contributed by atoms with Gasteiger partial charge in [0.1, 0.15) is 23.9 Å². The molecule has 5 N–H and O–H groups in total. The van der Waals surface area contributed by atoms with E-state index in [1.54, 1.807) is 35.2 Å². The van der Waals surface area contributed by atoms with Gasteiger partial charge in [0.25, 0.3) is 0 Å². The van der Waals surface area contributed by atoms with Gasteiger partial charge in [-0.25, -0.2) is 9.97 Å². The molecule has 1 unspecified atom stereocenters. The Labute approximate surface area is 256 Å². The highest BCUT2D eigenvalue weighted by Gasteiger charge is 2.44.